The van der Waals surface area contributed by atoms with Gasteiger partial charge in [-0.3, -0.25) is 4.79 Å². The van der Waals surface area contributed by atoms with Gasteiger partial charge in [0.25, 0.3) is 0 Å². The van der Waals surface area contributed by atoms with E-state index in [1.165, 1.54) is 0 Å². The predicted molar refractivity (Wildman–Crippen MR) is 67.0 cm³/mol. The number of nitrogens with zero attached hydrogens (tertiary/aromatic N) is 1. The smallest absolute Gasteiger partial charge is 0.223 e. The van der Waals surface area contributed by atoms with Crippen LogP contribution in [0.4, 0.5) is 0 Å². The fourth-order valence-electron chi connectivity index (χ4n) is 2.22. The van der Waals surface area contributed by atoms with Gasteiger partial charge in [-0.1, -0.05) is 0 Å². The Morgan fingerprint density at radius 3 is 3.06 bits per heavy atom. The van der Waals surface area contributed by atoms with Crippen LogP contribution in [-0.4, -0.2) is 42.6 Å². The van der Waals surface area contributed by atoms with Gasteiger partial charge < -0.3 is 19.8 Å². The highest BCUT2D eigenvalue weighted by Crippen LogP contribution is 2.13. The van der Waals surface area contributed by atoms with Crippen LogP contribution in [0.3, 0.4) is 0 Å². The van der Waals surface area contributed by atoms with Crippen LogP contribution in [0.5, 0.6) is 0 Å². The van der Waals surface area contributed by atoms with Crippen molar-refractivity contribution in [3.8, 4) is 0 Å². The number of rotatable bonds is 4. The van der Waals surface area contributed by atoms with Gasteiger partial charge in [-0.05, 0) is 19.1 Å². The lowest BCUT2D eigenvalue weighted by molar-refractivity contribution is -0.143. The maximum Gasteiger partial charge on any atom is 0.223 e. The van der Waals surface area contributed by atoms with Gasteiger partial charge in [-0.15, -0.1) is 0 Å². The summed E-state index contributed by atoms with van der Waals surface area (Å²) in [5.74, 6) is 0.986. The molecule has 0 spiro atoms. The first-order valence-corrected chi connectivity index (χ1v) is 6.34. The largest absolute Gasteiger partial charge is 0.469 e. The minimum atomic E-state index is -0.0405. The van der Waals surface area contributed by atoms with Gasteiger partial charge in [0, 0.05) is 32.5 Å². The van der Waals surface area contributed by atoms with Crippen LogP contribution in [0, 0.1) is 0 Å². The van der Waals surface area contributed by atoms with Crippen LogP contribution in [-0.2, 0) is 16.0 Å². The Bertz CT molecular complexity index is 378. The Hall–Kier alpha value is -1.33. The number of amides is 1. The van der Waals surface area contributed by atoms with Crippen molar-refractivity contribution in [1.29, 1.82) is 0 Å². The van der Waals surface area contributed by atoms with E-state index in [4.69, 9.17) is 14.9 Å². The maximum absolute atomic E-state index is 12.1. The average molecular weight is 252 g/mol. The molecule has 1 amide bonds. The van der Waals surface area contributed by atoms with Crippen molar-refractivity contribution in [2.75, 3.05) is 19.6 Å². The normalized spacial score (nSPS) is 24.2. The molecule has 1 saturated heterocycles. The first-order chi connectivity index (χ1) is 8.69. The molecule has 2 rings (SSSR count). The summed E-state index contributed by atoms with van der Waals surface area (Å²) in [4.78, 5) is 13.9. The number of hydrogen-bond acceptors (Lipinski definition) is 4. The van der Waals surface area contributed by atoms with E-state index in [2.05, 4.69) is 0 Å². The Kier molecular flexibility index (Phi) is 4.38. The number of hydrogen-bond donors (Lipinski definition) is 1. The minimum Gasteiger partial charge on any atom is -0.469 e. The summed E-state index contributed by atoms with van der Waals surface area (Å²) in [6.45, 7) is 3.66. The molecule has 0 aliphatic carbocycles. The molecule has 1 fully saturated rings. The lowest BCUT2D eigenvalue weighted by Gasteiger charge is -2.36. The van der Waals surface area contributed by atoms with Crippen LogP contribution in [0.15, 0.2) is 22.8 Å². The molecule has 0 radical (unpaired) electrons. The van der Waals surface area contributed by atoms with Crippen LogP contribution in [0.2, 0.25) is 0 Å². The molecule has 5 heteroatoms. The third kappa shape index (κ3) is 3.34. The van der Waals surface area contributed by atoms with Crippen molar-refractivity contribution in [2.45, 2.75) is 32.0 Å². The molecule has 100 valence electrons. The van der Waals surface area contributed by atoms with Gasteiger partial charge in [0.1, 0.15) is 5.76 Å². The van der Waals surface area contributed by atoms with Crippen molar-refractivity contribution in [3.63, 3.8) is 0 Å². The second-order valence-electron chi connectivity index (χ2n) is 4.68. The number of furan rings is 1. The molecular weight excluding hydrogens is 232 g/mol. The second kappa shape index (κ2) is 6.02. The molecule has 1 aromatic rings. The molecule has 0 bridgehead atoms. The fourth-order valence-corrected chi connectivity index (χ4v) is 2.22. The standard InChI is InChI=1S/C13H20N2O3/c1-10-8-15(9-12(7-14)18-10)13(16)5-4-11-3-2-6-17-11/h2-3,6,10,12H,4-5,7-9,14H2,1H3. The Balaban J connectivity index is 1.84. The third-order valence-corrected chi connectivity index (χ3v) is 3.11. The molecule has 2 N–H and O–H groups in total. The molecule has 5 nitrogen and oxygen atoms in total. The Morgan fingerprint density at radius 2 is 2.39 bits per heavy atom. The Morgan fingerprint density at radius 1 is 1.56 bits per heavy atom. The zero-order valence-electron chi connectivity index (χ0n) is 10.7. The zero-order chi connectivity index (χ0) is 13.0. The summed E-state index contributed by atoms with van der Waals surface area (Å²) in [6.07, 6.45) is 2.75. The Labute approximate surface area is 107 Å². The first-order valence-electron chi connectivity index (χ1n) is 6.34. The summed E-state index contributed by atoms with van der Waals surface area (Å²) >= 11 is 0. The number of carbonyl (C=O) groups excluding carboxylic acids is 1. The molecule has 0 saturated carbocycles. The van der Waals surface area contributed by atoms with Crippen LogP contribution >= 0.6 is 0 Å². The monoisotopic (exact) mass is 252 g/mol. The summed E-state index contributed by atoms with van der Waals surface area (Å²) < 4.78 is 10.8. The van der Waals surface area contributed by atoms with Gasteiger partial charge >= 0.3 is 0 Å². The summed E-state index contributed by atoms with van der Waals surface area (Å²) in [5, 5.41) is 0. The summed E-state index contributed by atoms with van der Waals surface area (Å²) in [6, 6.07) is 3.72. The molecule has 1 aliphatic heterocycles. The molecular formula is C13H20N2O3. The quantitative estimate of drug-likeness (QED) is 0.860. The molecule has 18 heavy (non-hydrogen) atoms. The van der Waals surface area contributed by atoms with E-state index in [9.17, 15) is 4.79 Å². The zero-order valence-corrected chi connectivity index (χ0v) is 10.7. The van der Waals surface area contributed by atoms with Gasteiger partial charge in [0.05, 0.1) is 18.5 Å². The minimum absolute atomic E-state index is 0.0405. The molecule has 1 aromatic heterocycles. The third-order valence-electron chi connectivity index (χ3n) is 3.11. The molecule has 2 heterocycles. The lowest BCUT2D eigenvalue weighted by atomic mass is 10.1. The van der Waals surface area contributed by atoms with Gasteiger partial charge in [-0.2, -0.15) is 0 Å². The van der Waals surface area contributed by atoms with Crippen LogP contribution < -0.4 is 5.73 Å². The molecule has 2 atom stereocenters. The highest BCUT2D eigenvalue weighted by Gasteiger charge is 2.27. The summed E-state index contributed by atoms with van der Waals surface area (Å²) in [5.41, 5.74) is 5.60. The average Bonchev–Trinajstić information content (AvgIpc) is 2.88. The molecule has 0 aromatic carbocycles. The first kappa shape index (κ1) is 13.1. The highest BCUT2D eigenvalue weighted by molar-refractivity contribution is 5.76. The summed E-state index contributed by atoms with van der Waals surface area (Å²) in [7, 11) is 0. The topological polar surface area (TPSA) is 68.7 Å². The van der Waals surface area contributed by atoms with Crippen molar-refractivity contribution >= 4 is 5.91 Å². The number of carbonyl (C=O) groups is 1. The number of nitrogens with two attached hydrogens (primary N) is 1. The van der Waals surface area contributed by atoms with Crippen molar-refractivity contribution in [3.05, 3.63) is 24.2 Å². The number of morpholine rings is 1. The van der Waals surface area contributed by atoms with E-state index in [1.54, 1.807) is 6.26 Å². The van der Waals surface area contributed by atoms with Crippen molar-refractivity contribution in [2.24, 2.45) is 5.73 Å². The van der Waals surface area contributed by atoms with E-state index in [0.29, 0.717) is 32.5 Å². The van der Waals surface area contributed by atoms with Crippen LogP contribution in [0.1, 0.15) is 19.1 Å². The molecule has 2 unspecified atom stereocenters. The van der Waals surface area contributed by atoms with E-state index in [1.807, 2.05) is 24.0 Å². The maximum atomic E-state index is 12.1. The van der Waals surface area contributed by atoms with Crippen molar-refractivity contribution < 1.29 is 13.9 Å². The van der Waals surface area contributed by atoms with Gasteiger partial charge in [0.2, 0.25) is 5.91 Å². The van der Waals surface area contributed by atoms with E-state index in [-0.39, 0.29) is 18.1 Å². The van der Waals surface area contributed by atoms with E-state index in [0.717, 1.165) is 5.76 Å². The number of ether oxygens (including phenoxy) is 1. The SMILES string of the molecule is CC1CN(C(=O)CCc2ccco2)CC(CN)O1. The van der Waals surface area contributed by atoms with E-state index >= 15 is 0 Å². The molecule has 1 aliphatic rings. The highest BCUT2D eigenvalue weighted by atomic mass is 16.5. The second-order valence-corrected chi connectivity index (χ2v) is 4.68. The lowest BCUT2D eigenvalue weighted by Crippen LogP contribution is -2.51. The van der Waals surface area contributed by atoms with Crippen molar-refractivity contribution in [1.82, 2.24) is 4.90 Å². The van der Waals surface area contributed by atoms with Crippen LogP contribution in [0.25, 0.3) is 0 Å². The predicted octanol–water partition coefficient (Wildman–Crippen LogP) is 0.787. The van der Waals surface area contributed by atoms with E-state index < -0.39 is 0 Å². The van der Waals surface area contributed by atoms with Gasteiger partial charge in [-0.25, -0.2) is 0 Å². The number of aryl methyl sites for hydroxylation is 1. The fraction of sp³-hybridized carbons (Fsp3) is 0.615. The van der Waals surface area contributed by atoms with Gasteiger partial charge in [0.15, 0.2) is 0 Å².